The van der Waals surface area contributed by atoms with Gasteiger partial charge in [0, 0.05) is 5.69 Å². The van der Waals surface area contributed by atoms with Crippen LogP contribution in [0, 0.1) is 6.92 Å². The van der Waals surface area contributed by atoms with Gasteiger partial charge in [-0.25, -0.2) is 0 Å². The molecule has 0 aliphatic carbocycles. The van der Waals surface area contributed by atoms with Gasteiger partial charge in [-0.15, -0.1) is 0 Å². The molecule has 1 aromatic carbocycles. The first-order chi connectivity index (χ1) is 5.66. The van der Waals surface area contributed by atoms with Crippen LogP contribution in [-0.2, 0) is 4.79 Å². The first kappa shape index (κ1) is 9.36. The van der Waals surface area contributed by atoms with Crippen LogP contribution in [0.5, 0.6) is 0 Å². The molecular weight excluding hydrogens is 197 g/mol. The second kappa shape index (κ2) is 3.78. The fourth-order valence-electron chi connectivity index (χ4n) is 0.872. The molecule has 1 rings (SSSR count). The van der Waals surface area contributed by atoms with Crippen molar-refractivity contribution >= 4 is 35.3 Å². The molecule has 0 bridgehead atoms. The zero-order valence-electron chi connectivity index (χ0n) is 6.40. The summed E-state index contributed by atoms with van der Waals surface area (Å²) in [5.74, 6) is 0. The van der Waals surface area contributed by atoms with Gasteiger partial charge < -0.3 is 5.32 Å². The van der Waals surface area contributed by atoms with Crippen LogP contribution in [0.3, 0.4) is 0 Å². The predicted octanol–water partition coefficient (Wildman–Crippen LogP) is 2.87. The Balaban J connectivity index is 3.16. The summed E-state index contributed by atoms with van der Waals surface area (Å²) in [4.78, 5) is 10.1. The molecular formula is C8H7Cl2NO. The van der Waals surface area contributed by atoms with Crippen LogP contribution >= 0.6 is 23.2 Å². The Bertz CT molecular complexity index is 312. The maximum absolute atomic E-state index is 10.1. The molecule has 12 heavy (non-hydrogen) atoms. The van der Waals surface area contributed by atoms with Crippen molar-refractivity contribution in [1.29, 1.82) is 0 Å². The highest BCUT2D eigenvalue weighted by Crippen LogP contribution is 2.30. The van der Waals surface area contributed by atoms with E-state index in [0.29, 0.717) is 22.1 Å². The Morgan fingerprint density at radius 3 is 2.67 bits per heavy atom. The molecule has 0 unspecified atom stereocenters. The SMILES string of the molecule is Cc1c(NC=O)ccc(Cl)c1Cl. The van der Waals surface area contributed by atoms with Crippen LogP contribution in [0.25, 0.3) is 0 Å². The zero-order chi connectivity index (χ0) is 9.14. The average Bonchev–Trinajstić information content (AvgIpc) is 2.07. The predicted molar refractivity (Wildman–Crippen MR) is 50.9 cm³/mol. The maximum Gasteiger partial charge on any atom is 0.211 e. The number of carbonyl (C=O) groups excluding carboxylic acids is 1. The summed E-state index contributed by atoms with van der Waals surface area (Å²) in [5, 5.41) is 3.49. The van der Waals surface area contributed by atoms with Crippen molar-refractivity contribution < 1.29 is 4.79 Å². The van der Waals surface area contributed by atoms with Crippen molar-refractivity contribution in [3.63, 3.8) is 0 Å². The molecule has 1 amide bonds. The monoisotopic (exact) mass is 203 g/mol. The van der Waals surface area contributed by atoms with Crippen LogP contribution < -0.4 is 5.32 Å². The number of carbonyl (C=O) groups is 1. The van der Waals surface area contributed by atoms with Gasteiger partial charge in [0.05, 0.1) is 10.0 Å². The van der Waals surface area contributed by atoms with E-state index in [2.05, 4.69) is 5.32 Å². The van der Waals surface area contributed by atoms with Gasteiger partial charge in [-0.3, -0.25) is 4.79 Å². The standard InChI is InChI=1S/C8H7Cl2NO/c1-5-7(11-4-12)3-2-6(9)8(5)10/h2-4H,1H3,(H,11,12). The van der Waals surface area contributed by atoms with Crippen LogP contribution in [-0.4, -0.2) is 6.41 Å². The zero-order valence-corrected chi connectivity index (χ0v) is 7.91. The summed E-state index contributed by atoms with van der Waals surface area (Å²) >= 11 is 11.6. The van der Waals surface area contributed by atoms with Gasteiger partial charge >= 0.3 is 0 Å². The van der Waals surface area contributed by atoms with Crippen molar-refractivity contribution in [3.8, 4) is 0 Å². The van der Waals surface area contributed by atoms with E-state index in [1.165, 1.54) is 0 Å². The van der Waals surface area contributed by atoms with Crippen molar-refractivity contribution in [2.45, 2.75) is 6.92 Å². The van der Waals surface area contributed by atoms with Gasteiger partial charge in [-0.2, -0.15) is 0 Å². The highest BCUT2D eigenvalue weighted by molar-refractivity contribution is 6.42. The maximum atomic E-state index is 10.1. The second-order valence-corrected chi connectivity index (χ2v) is 3.08. The first-order valence-corrected chi connectivity index (χ1v) is 4.07. The molecule has 0 aliphatic rings. The van der Waals surface area contributed by atoms with E-state index in [-0.39, 0.29) is 0 Å². The average molecular weight is 204 g/mol. The highest BCUT2D eigenvalue weighted by Gasteiger charge is 2.04. The number of amides is 1. The quantitative estimate of drug-likeness (QED) is 0.737. The van der Waals surface area contributed by atoms with Gasteiger partial charge in [-0.1, -0.05) is 23.2 Å². The van der Waals surface area contributed by atoms with E-state index in [0.717, 1.165) is 5.56 Å². The van der Waals surface area contributed by atoms with E-state index in [9.17, 15) is 4.79 Å². The number of halogens is 2. The lowest BCUT2D eigenvalue weighted by molar-refractivity contribution is -0.105. The molecule has 4 heteroatoms. The van der Waals surface area contributed by atoms with E-state index in [1.807, 2.05) is 0 Å². The third kappa shape index (κ3) is 1.71. The Morgan fingerprint density at radius 2 is 2.08 bits per heavy atom. The van der Waals surface area contributed by atoms with E-state index < -0.39 is 0 Å². The Hall–Kier alpha value is -0.730. The summed E-state index contributed by atoms with van der Waals surface area (Å²) in [6, 6.07) is 3.35. The lowest BCUT2D eigenvalue weighted by atomic mass is 10.2. The number of hydrogen-bond acceptors (Lipinski definition) is 1. The summed E-state index contributed by atoms with van der Waals surface area (Å²) < 4.78 is 0. The molecule has 0 saturated heterocycles. The molecule has 64 valence electrons. The van der Waals surface area contributed by atoms with Gasteiger partial charge in [0.2, 0.25) is 6.41 Å². The van der Waals surface area contributed by atoms with Gasteiger partial charge in [0.15, 0.2) is 0 Å². The molecule has 0 saturated carbocycles. The Kier molecular flexibility index (Phi) is 2.95. The normalized spacial score (nSPS) is 9.58. The number of nitrogens with one attached hydrogen (secondary N) is 1. The molecule has 1 aromatic rings. The van der Waals surface area contributed by atoms with E-state index >= 15 is 0 Å². The first-order valence-electron chi connectivity index (χ1n) is 3.31. The molecule has 0 aromatic heterocycles. The summed E-state index contributed by atoms with van der Waals surface area (Å²) in [6.07, 6.45) is 0.604. The van der Waals surface area contributed by atoms with Crippen molar-refractivity contribution in [2.24, 2.45) is 0 Å². The fourth-order valence-corrected chi connectivity index (χ4v) is 1.24. The molecule has 0 atom stereocenters. The summed E-state index contributed by atoms with van der Waals surface area (Å²) in [7, 11) is 0. The van der Waals surface area contributed by atoms with Crippen LogP contribution in [0.4, 0.5) is 5.69 Å². The minimum absolute atomic E-state index is 0.475. The lowest BCUT2D eigenvalue weighted by Crippen LogP contribution is -1.96. The number of anilines is 1. The molecule has 0 heterocycles. The van der Waals surface area contributed by atoms with Crippen LogP contribution in [0.15, 0.2) is 12.1 Å². The van der Waals surface area contributed by atoms with Crippen LogP contribution in [0.2, 0.25) is 10.0 Å². The van der Waals surface area contributed by atoms with Gasteiger partial charge in [-0.05, 0) is 24.6 Å². The lowest BCUT2D eigenvalue weighted by Gasteiger charge is -2.06. The number of rotatable bonds is 2. The summed E-state index contributed by atoms with van der Waals surface area (Å²) in [6.45, 7) is 1.79. The molecule has 0 aliphatic heterocycles. The fraction of sp³-hybridized carbons (Fsp3) is 0.125. The summed E-state index contributed by atoms with van der Waals surface area (Å²) in [5.41, 5.74) is 1.45. The third-order valence-corrected chi connectivity index (χ3v) is 2.45. The number of benzene rings is 1. The number of hydrogen-bond donors (Lipinski definition) is 1. The molecule has 2 nitrogen and oxygen atoms in total. The van der Waals surface area contributed by atoms with Crippen molar-refractivity contribution in [3.05, 3.63) is 27.7 Å². The topological polar surface area (TPSA) is 29.1 Å². The van der Waals surface area contributed by atoms with Gasteiger partial charge in [0.1, 0.15) is 0 Å². The molecule has 0 radical (unpaired) electrons. The second-order valence-electron chi connectivity index (χ2n) is 2.30. The largest absolute Gasteiger partial charge is 0.328 e. The highest BCUT2D eigenvalue weighted by atomic mass is 35.5. The van der Waals surface area contributed by atoms with E-state index in [4.69, 9.17) is 23.2 Å². The van der Waals surface area contributed by atoms with Crippen molar-refractivity contribution in [2.75, 3.05) is 5.32 Å². The minimum atomic E-state index is 0.475. The Morgan fingerprint density at radius 1 is 1.42 bits per heavy atom. The molecule has 1 N–H and O–H groups in total. The van der Waals surface area contributed by atoms with E-state index in [1.54, 1.807) is 19.1 Å². The van der Waals surface area contributed by atoms with Crippen molar-refractivity contribution in [1.82, 2.24) is 0 Å². The van der Waals surface area contributed by atoms with Gasteiger partial charge in [0.25, 0.3) is 0 Å². The Labute approximate surface area is 80.5 Å². The third-order valence-electron chi connectivity index (χ3n) is 1.55. The molecule has 0 fully saturated rings. The smallest absolute Gasteiger partial charge is 0.211 e. The molecule has 0 spiro atoms. The minimum Gasteiger partial charge on any atom is -0.328 e. The van der Waals surface area contributed by atoms with Crippen LogP contribution in [0.1, 0.15) is 5.56 Å².